The van der Waals surface area contributed by atoms with Crippen LogP contribution in [0.1, 0.15) is 62.1 Å². The molecule has 0 atom stereocenters. The third kappa shape index (κ3) is 5.22. The van der Waals surface area contributed by atoms with Crippen LogP contribution in [0.3, 0.4) is 0 Å². The summed E-state index contributed by atoms with van der Waals surface area (Å²) in [7, 11) is 0. The summed E-state index contributed by atoms with van der Waals surface area (Å²) in [6.07, 6.45) is 0. The fourth-order valence-corrected chi connectivity index (χ4v) is 2.88. The second-order valence-electron chi connectivity index (χ2n) is 5.48. The number of halogens is 4. The Kier molecular flexibility index (Phi) is 7.33. The van der Waals surface area contributed by atoms with E-state index in [1.54, 1.807) is 0 Å². The number of carbonyl (C=O) groups excluding carboxylic acids is 5. The molecule has 0 saturated heterocycles. The molecule has 0 spiro atoms. The van der Waals surface area contributed by atoms with Gasteiger partial charge in [0.05, 0.1) is 21.7 Å². The highest BCUT2D eigenvalue weighted by Gasteiger charge is 2.33. The zero-order valence-corrected chi connectivity index (χ0v) is 17.2. The predicted molar refractivity (Wildman–Crippen MR) is 105 cm³/mol. The molecule has 0 aliphatic carbocycles. The summed E-state index contributed by atoms with van der Waals surface area (Å²) in [4.78, 5) is 65.4. The number of rotatable bonds is 4. The first-order valence-corrected chi connectivity index (χ1v) is 9.01. The maximum Gasteiger partial charge on any atom is 0.348 e. The van der Waals surface area contributed by atoms with Gasteiger partial charge in [0.2, 0.25) is 0 Å². The Labute approximate surface area is 187 Å². The van der Waals surface area contributed by atoms with Crippen molar-refractivity contribution in [3.63, 3.8) is 0 Å². The number of hydrogen-bond donors (Lipinski definition) is 1. The van der Waals surface area contributed by atoms with E-state index in [0.717, 1.165) is 12.1 Å². The van der Waals surface area contributed by atoms with Gasteiger partial charge in [0.25, 0.3) is 15.7 Å². The number of carbonyl (C=O) groups is 6. The average Bonchev–Trinajstić information content (AvgIpc) is 2.95. The number of aromatic carboxylic acids is 1. The van der Waals surface area contributed by atoms with Crippen LogP contribution in [-0.4, -0.2) is 38.7 Å². The second kappa shape index (κ2) is 9.36. The van der Waals surface area contributed by atoms with Gasteiger partial charge in [-0.2, -0.15) is 0 Å². The van der Waals surface area contributed by atoms with Gasteiger partial charge in [0.15, 0.2) is 0 Å². The molecule has 1 aliphatic heterocycles. The van der Waals surface area contributed by atoms with Crippen LogP contribution in [0.25, 0.3) is 0 Å². The number of esters is 2. The maximum absolute atomic E-state index is 11.1. The highest BCUT2D eigenvalue weighted by molar-refractivity contribution is 6.70. The van der Waals surface area contributed by atoms with Crippen molar-refractivity contribution in [2.75, 3.05) is 0 Å². The molecule has 30 heavy (non-hydrogen) atoms. The molecular formula is C18H6Cl4O8. The summed E-state index contributed by atoms with van der Waals surface area (Å²) >= 11 is 21.3. The Bertz CT molecular complexity index is 1060. The van der Waals surface area contributed by atoms with E-state index in [1.165, 1.54) is 18.2 Å². The lowest BCUT2D eigenvalue weighted by molar-refractivity contribution is 0.0443. The molecule has 0 saturated carbocycles. The number of carboxylic acid groups (broad SMARTS) is 1. The van der Waals surface area contributed by atoms with E-state index in [0.29, 0.717) is 0 Å². The first kappa shape index (κ1) is 23.5. The quantitative estimate of drug-likeness (QED) is 0.382. The summed E-state index contributed by atoms with van der Waals surface area (Å²) in [6.45, 7) is 0. The van der Waals surface area contributed by atoms with Gasteiger partial charge in [0.1, 0.15) is 0 Å². The van der Waals surface area contributed by atoms with Gasteiger partial charge in [-0.1, -0.05) is 11.6 Å². The van der Waals surface area contributed by atoms with Gasteiger partial charge >= 0.3 is 17.9 Å². The molecule has 154 valence electrons. The summed E-state index contributed by atoms with van der Waals surface area (Å²) in [5, 5.41) is 6.21. The van der Waals surface area contributed by atoms with Crippen molar-refractivity contribution in [2.24, 2.45) is 0 Å². The Hall–Kier alpha value is -2.78. The van der Waals surface area contributed by atoms with E-state index < -0.39 is 33.6 Å². The summed E-state index contributed by atoms with van der Waals surface area (Å²) in [6, 6.07) is 5.73. The molecule has 2 aromatic rings. The van der Waals surface area contributed by atoms with Crippen molar-refractivity contribution in [3.05, 3.63) is 68.7 Å². The summed E-state index contributed by atoms with van der Waals surface area (Å²) in [5.74, 6) is -2.95. The maximum atomic E-state index is 11.1. The van der Waals surface area contributed by atoms with Crippen LogP contribution in [0.2, 0.25) is 5.02 Å². The van der Waals surface area contributed by atoms with E-state index >= 15 is 0 Å². The molecule has 0 radical (unpaired) electrons. The molecule has 2 aromatic carbocycles. The van der Waals surface area contributed by atoms with E-state index in [1.807, 2.05) is 0 Å². The third-order valence-electron chi connectivity index (χ3n) is 3.56. The summed E-state index contributed by atoms with van der Waals surface area (Å²) in [5.41, 5.74) is -0.367. The molecule has 0 aromatic heterocycles. The van der Waals surface area contributed by atoms with Crippen LogP contribution in [0, 0.1) is 0 Å². The number of benzene rings is 2. The zero-order chi connectivity index (χ0) is 22.7. The van der Waals surface area contributed by atoms with Gasteiger partial charge in [-0.3, -0.25) is 14.4 Å². The molecule has 0 bridgehead atoms. The highest BCUT2D eigenvalue weighted by Crippen LogP contribution is 2.28. The number of ether oxygens (including phenoxy) is 1. The van der Waals surface area contributed by atoms with Crippen molar-refractivity contribution in [2.45, 2.75) is 0 Å². The molecule has 12 heteroatoms. The normalized spacial score (nSPS) is 11.7. The van der Waals surface area contributed by atoms with E-state index in [-0.39, 0.29) is 38.4 Å². The minimum absolute atomic E-state index is 0.00725. The number of fused-ring (bicyclic) bond motifs is 1. The lowest BCUT2D eigenvalue weighted by atomic mass is 10.1. The van der Waals surface area contributed by atoms with Crippen molar-refractivity contribution in [1.82, 2.24) is 0 Å². The molecule has 0 fully saturated rings. The lowest BCUT2D eigenvalue weighted by Gasteiger charge is -2.00. The Morgan fingerprint density at radius 1 is 0.700 bits per heavy atom. The minimum Gasteiger partial charge on any atom is -0.478 e. The van der Waals surface area contributed by atoms with Crippen LogP contribution in [0.15, 0.2) is 30.3 Å². The minimum atomic E-state index is -1.23. The van der Waals surface area contributed by atoms with Gasteiger partial charge in [-0.05, 0) is 65.1 Å². The second-order valence-corrected chi connectivity index (χ2v) is 6.92. The van der Waals surface area contributed by atoms with Crippen molar-refractivity contribution < 1.29 is 38.6 Å². The van der Waals surface area contributed by atoms with Crippen molar-refractivity contribution >= 4 is 80.0 Å². The molecule has 3 rings (SSSR count). The zero-order valence-electron chi connectivity index (χ0n) is 14.2. The third-order valence-corrected chi connectivity index (χ3v) is 4.51. The van der Waals surface area contributed by atoms with Crippen LogP contribution in [0.4, 0.5) is 0 Å². The van der Waals surface area contributed by atoms with Gasteiger partial charge < -0.3 is 9.84 Å². The van der Waals surface area contributed by atoms with Crippen LogP contribution in [-0.2, 0) is 4.74 Å². The number of hydrogen-bond acceptors (Lipinski definition) is 7. The van der Waals surface area contributed by atoms with Crippen LogP contribution >= 0.6 is 46.4 Å². The molecule has 8 nitrogen and oxygen atoms in total. The van der Waals surface area contributed by atoms with Gasteiger partial charge in [0, 0.05) is 16.7 Å². The fraction of sp³-hybridized carbons (Fsp3) is 0. The van der Waals surface area contributed by atoms with E-state index in [9.17, 15) is 28.8 Å². The lowest BCUT2D eigenvalue weighted by Crippen LogP contribution is -2.01. The number of cyclic esters (lactones) is 2. The number of carboxylic acids is 1. The van der Waals surface area contributed by atoms with Crippen molar-refractivity contribution in [3.8, 4) is 0 Å². The van der Waals surface area contributed by atoms with Crippen molar-refractivity contribution in [1.29, 1.82) is 0 Å². The fourth-order valence-electron chi connectivity index (χ4n) is 2.26. The largest absolute Gasteiger partial charge is 0.478 e. The first-order valence-electron chi connectivity index (χ1n) is 7.50. The Morgan fingerprint density at radius 2 is 1.13 bits per heavy atom. The first-order chi connectivity index (χ1) is 13.9. The van der Waals surface area contributed by atoms with E-state index in [4.69, 9.17) is 51.5 Å². The highest BCUT2D eigenvalue weighted by atomic mass is 35.5. The molecule has 1 heterocycles. The van der Waals surface area contributed by atoms with Crippen LogP contribution in [0.5, 0.6) is 0 Å². The van der Waals surface area contributed by atoms with E-state index in [2.05, 4.69) is 4.74 Å². The monoisotopic (exact) mass is 490 g/mol. The Balaban J connectivity index is 0.000000214. The van der Waals surface area contributed by atoms with Gasteiger partial charge in [-0.25, -0.2) is 14.4 Å². The topological polar surface area (TPSA) is 132 Å². The molecule has 0 unspecified atom stereocenters. The molecule has 0 amide bonds. The smallest absolute Gasteiger partial charge is 0.348 e. The average molecular weight is 492 g/mol. The van der Waals surface area contributed by atoms with Crippen LogP contribution < -0.4 is 0 Å². The summed E-state index contributed by atoms with van der Waals surface area (Å²) < 4.78 is 4.29. The standard InChI is InChI=1S/C9H3Cl3O3.C9H3ClO5/c10-7(13)4-1-5(8(11)14)3-6(2-4)9(12)15;10-5-2-3(7(11)12)1-4-6(5)9(14)15-8(4)13/h1-3H;1-2H,(H,11,12). The molecule has 1 N–H and O–H groups in total. The molecule has 1 aliphatic rings. The van der Waals surface area contributed by atoms with Gasteiger partial charge in [-0.15, -0.1) is 0 Å². The SMILES string of the molecule is O=C(Cl)c1cc(C(=O)Cl)cc(C(=O)Cl)c1.O=C(O)c1cc(Cl)c2c(c1)C(=O)OC2=O. The molecular weight excluding hydrogens is 486 g/mol. The predicted octanol–water partition coefficient (Wildman–Crippen LogP) is 4.17. The Morgan fingerprint density at radius 3 is 1.50 bits per heavy atom.